The summed E-state index contributed by atoms with van der Waals surface area (Å²) in [4.78, 5) is 2.66. The molecule has 2 atom stereocenters. The Bertz CT molecular complexity index is 231. The van der Waals surface area contributed by atoms with Crippen LogP contribution in [0.1, 0.15) is 47.0 Å². The lowest BCUT2D eigenvalue weighted by atomic mass is 9.87. The average Bonchev–Trinajstić information content (AvgIpc) is 2.30. The van der Waals surface area contributed by atoms with Crippen molar-refractivity contribution < 1.29 is 4.74 Å². The summed E-state index contributed by atoms with van der Waals surface area (Å²) in [5.74, 6) is 0. The summed E-state index contributed by atoms with van der Waals surface area (Å²) in [7, 11) is 1.79. The van der Waals surface area contributed by atoms with Gasteiger partial charge in [-0.2, -0.15) is 0 Å². The van der Waals surface area contributed by atoms with E-state index in [9.17, 15) is 0 Å². The zero-order valence-corrected chi connectivity index (χ0v) is 13.0. The van der Waals surface area contributed by atoms with E-state index >= 15 is 0 Å². The third-order valence-electron chi connectivity index (χ3n) is 4.12. The summed E-state index contributed by atoms with van der Waals surface area (Å²) in [5, 5.41) is 3.59. The predicted octanol–water partition coefficient (Wildman–Crippen LogP) is 2.51. The van der Waals surface area contributed by atoms with Gasteiger partial charge < -0.3 is 15.0 Å². The summed E-state index contributed by atoms with van der Waals surface area (Å²) in [6, 6.07) is 1.42. The largest absolute Gasteiger partial charge is 0.385 e. The molecule has 0 aromatic carbocycles. The minimum atomic E-state index is 0.356. The third-order valence-corrected chi connectivity index (χ3v) is 4.12. The monoisotopic (exact) mass is 256 g/mol. The number of nitrogens with zero attached hydrogens (tertiary/aromatic N) is 1. The van der Waals surface area contributed by atoms with Crippen LogP contribution in [0, 0.1) is 5.41 Å². The van der Waals surface area contributed by atoms with E-state index in [2.05, 4.69) is 37.9 Å². The molecule has 0 aliphatic carbocycles. The van der Waals surface area contributed by atoms with Crippen LogP contribution in [0.15, 0.2) is 0 Å². The smallest absolute Gasteiger partial charge is 0.0467 e. The number of likely N-dealkylation sites (tertiary alicyclic amines) is 1. The second-order valence-electron chi connectivity index (χ2n) is 6.51. The number of rotatable bonds is 7. The summed E-state index contributed by atoms with van der Waals surface area (Å²) in [6.07, 6.45) is 3.72. The second-order valence-corrected chi connectivity index (χ2v) is 6.51. The van der Waals surface area contributed by atoms with Gasteiger partial charge in [0.15, 0.2) is 0 Å². The van der Waals surface area contributed by atoms with Crippen LogP contribution < -0.4 is 5.32 Å². The first-order valence-electron chi connectivity index (χ1n) is 7.45. The highest BCUT2D eigenvalue weighted by molar-refractivity contribution is 4.85. The van der Waals surface area contributed by atoms with Crippen molar-refractivity contribution in [1.82, 2.24) is 10.2 Å². The number of nitrogens with one attached hydrogen (secondary N) is 1. The summed E-state index contributed by atoms with van der Waals surface area (Å²) < 4.78 is 5.21. The molecule has 18 heavy (non-hydrogen) atoms. The molecule has 0 bridgehead atoms. The lowest BCUT2D eigenvalue weighted by Gasteiger charge is -2.42. The summed E-state index contributed by atoms with van der Waals surface area (Å²) >= 11 is 0. The molecule has 108 valence electrons. The van der Waals surface area contributed by atoms with Crippen LogP contribution in [-0.4, -0.2) is 50.3 Å². The Morgan fingerprint density at radius 3 is 2.67 bits per heavy atom. The Labute approximate surface area is 113 Å². The number of hydrogen-bond donors (Lipinski definition) is 1. The van der Waals surface area contributed by atoms with Crippen molar-refractivity contribution in [1.29, 1.82) is 0 Å². The fourth-order valence-electron chi connectivity index (χ4n) is 2.94. The lowest BCUT2D eigenvalue weighted by Crippen LogP contribution is -2.50. The van der Waals surface area contributed by atoms with Crippen molar-refractivity contribution in [3.8, 4) is 0 Å². The van der Waals surface area contributed by atoms with Crippen LogP contribution in [0.4, 0.5) is 0 Å². The van der Waals surface area contributed by atoms with Gasteiger partial charge in [0.05, 0.1) is 0 Å². The van der Waals surface area contributed by atoms with Crippen LogP contribution >= 0.6 is 0 Å². The number of hydrogen-bond acceptors (Lipinski definition) is 3. The average molecular weight is 256 g/mol. The van der Waals surface area contributed by atoms with Crippen molar-refractivity contribution in [3.05, 3.63) is 0 Å². The minimum absolute atomic E-state index is 0.356. The standard InChI is InChI=1S/C15H32N2O/c1-6-16-14-7-9-17(13(2)11-14)12-15(3,4)8-10-18-5/h13-14,16H,6-12H2,1-5H3. The van der Waals surface area contributed by atoms with Gasteiger partial charge in [0.1, 0.15) is 0 Å². The van der Waals surface area contributed by atoms with E-state index in [4.69, 9.17) is 4.74 Å². The molecule has 1 aliphatic heterocycles. The molecule has 2 unspecified atom stereocenters. The van der Waals surface area contributed by atoms with E-state index in [1.54, 1.807) is 7.11 Å². The highest BCUT2D eigenvalue weighted by Gasteiger charge is 2.29. The predicted molar refractivity (Wildman–Crippen MR) is 78.0 cm³/mol. The lowest BCUT2D eigenvalue weighted by molar-refractivity contribution is 0.0696. The van der Waals surface area contributed by atoms with Crippen molar-refractivity contribution >= 4 is 0 Å². The summed E-state index contributed by atoms with van der Waals surface area (Å²) in [5.41, 5.74) is 0.356. The van der Waals surface area contributed by atoms with E-state index in [0.717, 1.165) is 25.6 Å². The SMILES string of the molecule is CCNC1CCN(CC(C)(C)CCOC)C(C)C1. The molecule has 0 radical (unpaired) electrons. The zero-order valence-electron chi connectivity index (χ0n) is 13.0. The first kappa shape index (κ1) is 15.9. The fraction of sp³-hybridized carbons (Fsp3) is 1.00. The Hall–Kier alpha value is -0.120. The summed E-state index contributed by atoms with van der Waals surface area (Å²) in [6.45, 7) is 13.7. The molecule has 3 heteroatoms. The van der Waals surface area contributed by atoms with Crippen LogP contribution in [-0.2, 0) is 4.74 Å². The zero-order chi connectivity index (χ0) is 13.6. The number of methoxy groups -OCH3 is 1. The van der Waals surface area contributed by atoms with Gasteiger partial charge in [0, 0.05) is 32.3 Å². The topological polar surface area (TPSA) is 24.5 Å². The van der Waals surface area contributed by atoms with E-state index in [1.165, 1.54) is 25.9 Å². The van der Waals surface area contributed by atoms with Gasteiger partial charge in [-0.05, 0) is 44.7 Å². The van der Waals surface area contributed by atoms with E-state index in [-0.39, 0.29) is 0 Å². The van der Waals surface area contributed by atoms with E-state index in [0.29, 0.717) is 11.5 Å². The highest BCUT2D eigenvalue weighted by Crippen LogP contribution is 2.26. The number of piperidine rings is 1. The van der Waals surface area contributed by atoms with Crippen LogP contribution in [0.3, 0.4) is 0 Å². The molecule has 0 amide bonds. The highest BCUT2D eigenvalue weighted by atomic mass is 16.5. The Morgan fingerprint density at radius 2 is 2.11 bits per heavy atom. The molecular formula is C15H32N2O. The quantitative estimate of drug-likeness (QED) is 0.757. The maximum atomic E-state index is 5.21. The molecule has 1 fully saturated rings. The number of ether oxygens (including phenoxy) is 1. The third kappa shape index (κ3) is 5.25. The molecule has 1 aliphatic rings. The maximum Gasteiger partial charge on any atom is 0.0467 e. The molecule has 0 aromatic rings. The van der Waals surface area contributed by atoms with Gasteiger partial charge in [0.25, 0.3) is 0 Å². The minimum Gasteiger partial charge on any atom is -0.385 e. The molecule has 1 saturated heterocycles. The van der Waals surface area contributed by atoms with Crippen molar-refractivity contribution in [2.45, 2.75) is 59.0 Å². The Balaban J connectivity index is 2.39. The molecule has 1 N–H and O–H groups in total. The Kier molecular flexibility index (Phi) is 6.61. The molecule has 0 spiro atoms. The van der Waals surface area contributed by atoms with E-state index < -0.39 is 0 Å². The molecule has 0 aromatic heterocycles. The van der Waals surface area contributed by atoms with Crippen LogP contribution in [0.5, 0.6) is 0 Å². The van der Waals surface area contributed by atoms with Gasteiger partial charge in [-0.25, -0.2) is 0 Å². The molecule has 3 nitrogen and oxygen atoms in total. The van der Waals surface area contributed by atoms with Gasteiger partial charge in [-0.1, -0.05) is 20.8 Å². The van der Waals surface area contributed by atoms with Crippen molar-refractivity contribution in [2.75, 3.05) is 33.4 Å². The molecule has 1 heterocycles. The van der Waals surface area contributed by atoms with Crippen LogP contribution in [0.2, 0.25) is 0 Å². The van der Waals surface area contributed by atoms with Gasteiger partial charge in [0.2, 0.25) is 0 Å². The van der Waals surface area contributed by atoms with Crippen LogP contribution in [0.25, 0.3) is 0 Å². The van der Waals surface area contributed by atoms with Gasteiger partial charge in [-0.15, -0.1) is 0 Å². The first-order valence-corrected chi connectivity index (χ1v) is 7.45. The molecule has 0 saturated carbocycles. The normalized spacial score (nSPS) is 26.5. The Morgan fingerprint density at radius 1 is 1.39 bits per heavy atom. The molecular weight excluding hydrogens is 224 g/mol. The fourth-order valence-corrected chi connectivity index (χ4v) is 2.94. The van der Waals surface area contributed by atoms with Crippen molar-refractivity contribution in [3.63, 3.8) is 0 Å². The first-order chi connectivity index (χ1) is 8.48. The van der Waals surface area contributed by atoms with Gasteiger partial charge in [-0.3, -0.25) is 0 Å². The maximum absolute atomic E-state index is 5.21. The van der Waals surface area contributed by atoms with E-state index in [1.807, 2.05) is 0 Å². The second kappa shape index (κ2) is 7.46. The van der Waals surface area contributed by atoms with Gasteiger partial charge >= 0.3 is 0 Å². The van der Waals surface area contributed by atoms with Crippen molar-refractivity contribution in [2.24, 2.45) is 5.41 Å². The molecule has 1 rings (SSSR count).